The molecule has 5 heteroatoms. The van der Waals surface area contributed by atoms with E-state index < -0.39 is 24.4 Å². The van der Waals surface area contributed by atoms with E-state index in [1.165, 1.54) is 0 Å². The maximum Gasteiger partial charge on any atom is 0.117 e. The van der Waals surface area contributed by atoms with Crippen molar-refractivity contribution >= 4 is 0 Å². The Labute approximate surface area is 236 Å². The number of hydrogen-bond donors (Lipinski definition) is 1. The second-order valence-corrected chi connectivity index (χ2v) is 9.95. The van der Waals surface area contributed by atoms with Crippen molar-refractivity contribution in [1.29, 1.82) is 0 Å². The molecule has 0 bridgehead atoms. The predicted molar refractivity (Wildman–Crippen MR) is 155 cm³/mol. The van der Waals surface area contributed by atoms with Gasteiger partial charge in [0.2, 0.25) is 0 Å². The predicted octanol–water partition coefficient (Wildman–Crippen LogP) is 6.26. The zero-order chi connectivity index (χ0) is 27.4. The average Bonchev–Trinajstić information content (AvgIpc) is 3.01. The Bertz CT molecular complexity index is 1290. The van der Waals surface area contributed by atoms with Crippen LogP contribution in [0.15, 0.2) is 133 Å². The quantitative estimate of drug-likeness (QED) is 0.204. The second-order valence-electron chi connectivity index (χ2n) is 9.95. The molecule has 4 aromatic carbocycles. The lowest BCUT2D eigenvalue weighted by molar-refractivity contribution is -0.173. The Kier molecular flexibility index (Phi) is 10.3. The van der Waals surface area contributed by atoms with E-state index in [2.05, 4.69) is 0 Å². The topological polar surface area (TPSA) is 57.2 Å². The van der Waals surface area contributed by atoms with Crippen molar-refractivity contribution in [2.45, 2.75) is 50.8 Å². The molecule has 0 saturated carbocycles. The van der Waals surface area contributed by atoms with Crippen LogP contribution in [0.4, 0.5) is 0 Å². The van der Waals surface area contributed by atoms with Crippen molar-refractivity contribution < 1.29 is 24.1 Å². The van der Waals surface area contributed by atoms with Gasteiger partial charge >= 0.3 is 0 Å². The first-order valence-corrected chi connectivity index (χ1v) is 13.7. The molecule has 1 aliphatic carbocycles. The van der Waals surface area contributed by atoms with Crippen LogP contribution in [0, 0.1) is 0 Å². The fourth-order valence-corrected chi connectivity index (χ4v) is 4.85. The van der Waals surface area contributed by atoms with Gasteiger partial charge in [0.25, 0.3) is 0 Å². The average molecular weight is 537 g/mol. The number of hydrogen-bond acceptors (Lipinski definition) is 5. The summed E-state index contributed by atoms with van der Waals surface area (Å²) in [7, 11) is 0. The van der Waals surface area contributed by atoms with E-state index >= 15 is 0 Å². The summed E-state index contributed by atoms with van der Waals surface area (Å²) in [5.74, 6) is 0. The van der Waals surface area contributed by atoms with E-state index in [-0.39, 0.29) is 0 Å². The summed E-state index contributed by atoms with van der Waals surface area (Å²) in [6.07, 6.45) is -0.704. The number of benzene rings is 4. The largest absolute Gasteiger partial charge is 0.386 e. The van der Waals surface area contributed by atoms with Crippen LogP contribution in [-0.4, -0.2) is 36.1 Å². The maximum atomic E-state index is 11.3. The first-order chi connectivity index (χ1) is 19.8. The third-order valence-electron chi connectivity index (χ3n) is 6.93. The highest BCUT2D eigenvalue weighted by molar-refractivity contribution is 5.24. The molecule has 0 aliphatic heterocycles. The van der Waals surface area contributed by atoms with Crippen molar-refractivity contribution in [1.82, 2.24) is 0 Å². The second kappa shape index (κ2) is 14.7. The molecule has 4 aromatic rings. The van der Waals surface area contributed by atoms with Crippen LogP contribution in [0.1, 0.15) is 22.3 Å². The molecular weight excluding hydrogens is 500 g/mol. The molecule has 5 nitrogen and oxygen atoms in total. The SMILES string of the molecule is OC1C=C(COCc2ccccc2)[C@@H](OCc2ccccc2)[C@H](OCc2ccccc2)[C@H]1OCc1ccccc1. The van der Waals surface area contributed by atoms with Gasteiger partial charge in [-0.25, -0.2) is 0 Å². The van der Waals surface area contributed by atoms with Gasteiger partial charge in [-0.3, -0.25) is 0 Å². The Hall–Kier alpha value is -3.58. The van der Waals surface area contributed by atoms with Crippen LogP contribution in [0.3, 0.4) is 0 Å². The van der Waals surface area contributed by atoms with E-state index in [0.29, 0.717) is 33.0 Å². The summed E-state index contributed by atoms with van der Waals surface area (Å²) in [5, 5.41) is 11.3. The van der Waals surface area contributed by atoms with Crippen molar-refractivity contribution in [3.63, 3.8) is 0 Å². The van der Waals surface area contributed by atoms with Crippen LogP contribution in [0.25, 0.3) is 0 Å². The highest BCUT2D eigenvalue weighted by Gasteiger charge is 2.42. The first-order valence-electron chi connectivity index (χ1n) is 13.7. The summed E-state index contributed by atoms with van der Waals surface area (Å²) < 4.78 is 25.5. The molecule has 0 radical (unpaired) electrons. The number of aliphatic hydroxyl groups is 1. The van der Waals surface area contributed by atoms with Crippen LogP contribution in [-0.2, 0) is 45.4 Å². The molecule has 1 unspecified atom stereocenters. The fraction of sp³-hybridized carbons (Fsp3) is 0.257. The zero-order valence-corrected chi connectivity index (χ0v) is 22.5. The molecule has 40 heavy (non-hydrogen) atoms. The molecule has 0 heterocycles. The van der Waals surface area contributed by atoms with E-state index in [4.69, 9.17) is 18.9 Å². The molecule has 1 aliphatic rings. The first kappa shape index (κ1) is 28.0. The Balaban J connectivity index is 1.38. The Morgan fingerprint density at radius 1 is 0.450 bits per heavy atom. The molecule has 0 fully saturated rings. The van der Waals surface area contributed by atoms with E-state index in [1.807, 2.05) is 127 Å². The standard InChI is InChI=1S/C35H36O5/c36-32-21-31(26-37-22-27-13-5-1-6-14-27)33(38-23-28-15-7-2-8-16-28)35(40-25-30-19-11-4-12-20-30)34(32)39-24-29-17-9-3-10-18-29/h1-21,32-36H,22-26H2/t32?,33-,34+,35+/m1/s1. The van der Waals surface area contributed by atoms with E-state index in [9.17, 15) is 5.11 Å². The monoisotopic (exact) mass is 536 g/mol. The lowest BCUT2D eigenvalue weighted by Gasteiger charge is -2.40. The number of ether oxygens (including phenoxy) is 4. The Morgan fingerprint density at radius 3 is 1.32 bits per heavy atom. The number of aliphatic hydroxyl groups excluding tert-OH is 1. The molecule has 206 valence electrons. The van der Waals surface area contributed by atoms with Gasteiger partial charge in [0.05, 0.1) is 33.0 Å². The lowest BCUT2D eigenvalue weighted by atomic mass is 9.89. The molecule has 1 N–H and O–H groups in total. The molecule has 0 aromatic heterocycles. The summed E-state index contributed by atoms with van der Waals surface area (Å²) >= 11 is 0. The minimum atomic E-state index is -0.878. The molecular formula is C35H36O5. The molecule has 0 amide bonds. The van der Waals surface area contributed by atoms with Crippen LogP contribution < -0.4 is 0 Å². The van der Waals surface area contributed by atoms with Gasteiger partial charge in [-0.05, 0) is 33.9 Å². The van der Waals surface area contributed by atoms with Gasteiger partial charge in [0.15, 0.2) is 0 Å². The smallest absolute Gasteiger partial charge is 0.117 e. The van der Waals surface area contributed by atoms with Crippen molar-refractivity contribution in [2.24, 2.45) is 0 Å². The molecule has 4 atom stereocenters. The highest BCUT2D eigenvalue weighted by Crippen LogP contribution is 2.30. The fourth-order valence-electron chi connectivity index (χ4n) is 4.85. The molecule has 0 saturated heterocycles. The summed E-state index contributed by atoms with van der Waals surface area (Å²) in [6.45, 7) is 1.89. The normalized spacial score (nSPS) is 20.7. The van der Waals surface area contributed by atoms with Crippen LogP contribution >= 0.6 is 0 Å². The van der Waals surface area contributed by atoms with Crippen molar-refractivity contribution in [2.75, 3.05) is 6.61 Å². The third-order valence-corrected chi connectivity index (χ3v) is 6.93. The maximum absolute atomic E-state index is 11.3. The van der Waals surface area contributed by atoms with Crippen molar-refractivity contribution in [3.8, 4) is 0 Å². The molecule has 5 rings (SSSR count). The van der Waals surface area contributed by atoms with Gasteiger partial charge in [0.1, 0.15) is 24.4 Å². The third kappa shape index (κ3) is 7.98. The van der Waals surface area contributed by atoms with Gasteiger partial charge < -0.3 is 24.1 Å². The van der Waals surface area contributed by atoms with E-state index in [1.54, 1.807) is 0 Å². The van der Waals surface area contributed by atoms with Gasteiger partial charge in [0, 0.05) is 0 Å². The van der Waals surface area contributed by atoms with Gasteiger partial charge in [-0.1, -0.05) is 121 Å². The van der Waals surface area contributed by atoms with Gasteiger partial charge in [-0.15, -0.1) is 0 Å². The minimum Gasteiger partial charge on any atom is -0.386 e. The van der Waals surface area contributed by atoms with Crippen LogP contribution in [0.2, 0.25) is 0 Å². The van der Waals surface area contributed by atoms with Crippen molar-refractivity contribution in [3.05, 3.63) is 155 Å². The van der Waals surface area contributed by atoms with Crippen LogP contribution in [0.5, 0.6) is 0 Å². The highest BCUT2D eigenvalue weighted by atomic mass is 16.6. The summed E-state index contributed by atoms with van der Waals surface area (Å²) in [4.78, 5) is 0. The minimum absolute atomic E-state index is 0.308. The summed E-state index contributed by atoms with van der Waals surface area (Å²) in [5.41, 5.74) is 5.05. The molecule has 0 spiro atoms. The summed E-state index contributed by atoms with van der Waals surface area (Å²) in [6, 6.07) is 40.1. The zero-order valence-electron chi connectivity index (χ0n) is 22.5. The Morgan fingerprint density at radius 2 is 0.850 bits per heavy atom. The van der Waals surface area contributed by atoms with Gasteiger partial charge in [-0.2, -0.15) is 0 Å². The number of rotatable bonds is 13. The van der Waals surface area contributed by atoms with E-state index in [0.717, 1.165) is 27.8 Å². The lowest BCUT2D eigenvalue weighted by Crippen LogP contribution is -2.52.